The zero-order chi connectivity index (χ0) is 18.8. The van der Waals surface area contributed by atoms with Crippen molar-refractivity contribution < 1.29 is 0 Å². The summed E-state index contributed by atoms with van der Waals surface area (Å²) in [5, 5.41) is 6.80. The molecule has 0 saturated heterocycles. The molecule has 0 atom stereocenters. The van der Waals surface area contributed by atoms with Crippen LogP contribution in [-0.2, 0) is 19.6 Å². The molecule has 0 heterocycles. The van der Waals surface area contributed by atoms with E-state index >= 15 is 0 Å². The molecular weight excluding hydrogens is 447 g/mol. The van der Waals surface area contributed by atoms with E-state index in [0.29, 0.717) is 12.6 Å². The third kappa shape index (κ3) is 8.30. The number of hydrogen-bond acceptors (Lipinski definition) is 2. The quantitative estimate of drug-likeness (QED) is 0.334. The van der Waals surface area contributed by atoms with Crippen molar-refractivity contribution in [2.75, 3.05) is 13.6 Å². The van der Waals surface area contributed by atoms with Gasteiger partial charge in [0.05, 0.1) is 6.54 Å². The van der Waals surface area contributed by atoms with E-state index < -0.39 is 0 Å². The maximum atomic E-state index is 4.70. The van der Waals surface area contributed by atoms with Gasteiger partial charge in [0.2, 0.25) is 0 Å². The van der Waals surface area contributed by atoms with Crippen LogP contribution in [0, 0.1) is 0 Å². The molecule has 5 heteroatoms. The average molecular weight is 480 g/mol. The van der Waals surface area contributed by atoms with Gasteiger partial charge in [-0.2, -0.15) is 0 Å². The van der Waals surface area contributed by atoms with Crippen LogP contribution in [-0.4, -0.2) is 30.5 Å². The van der Waals surface area contributed by atoms with Crippen molar-refractivity contribution in [3.8, 4) is 0 Å². The Hall–Kier alpha value is -1.60. The lowest BCUT2D eigenvalue weighted by molar-refractivity contribution is 0.265. The van der Waals surface area contributed by atoms with E-state index in [2.05, 4.69) is 79.8 Å². The number of hydrogen-bond donors (Lipinski definition) is 2. The van der Waals surface area contributed by atoms with E-state index in [1.54, 1.807) is 0 Å². The van der Waals surface area contributed by atoms with Crippen molar-refractivity contribution in [3.05, 3.63) is 71.3 Å². The van der Waals surface area contributed by atoms with Crippen LogP contribution < -0.4 is 10.6 Å². The van der Waals surface area contributed by atoms with E-state index in [9.17, 15) is 0 Å². The van der Waals surface area contributed by atoms with Gasteiger partial charge < -0.3 is 10.6 Å². The molecule has 0 radical (unpaired) electrons. The predicted molar refractivity (Wildman–Crippen MR) is 127 cm³/mol. The van der Waals surface area contributed by atoms with Crippen molar-refractivity contribution >= 4 is 29.9 Å². The second-order valence-corrected chi connectivity index (χ2v) is 6.81. The van der Waals surface area contributed by atoms with Crippen LogP contribution in [0.1, 0.15) is 37.5 Å². The molecule has 27 heavy (non-hydrogen) atoms. The molecule has 0 spiro atoms. The molecule has 2 rings (SSSR count). The van der Waals surface area contributed by atoms with Crippen LogP contribution in [0.4, 0.5) is 0 Å². The first kappa shape index (κ1) is 23.4. The summed E-state index contributed by atoms with van der Waals surface area (Å²) in [4.78, 5) is 7.06. The number of rotatable bonds is 8. The minimum atomic E-state index is 0. The molecule has 0 unspecified atom stereocenters. The highest BCUT2D eigenvalue weighted by atomic mass is 127. The highest BCUT2D eigenvalue weighted by Gasteiger charge is 2.08. The lowest BCUT2D eigenvalue weighted by Crippen LogP contribution is -2.37. The first-order valence-electron chi connectivity index (χ1n) is 9.43. The Bertz CT molecular complexity index is 686. The molecule has 148 valence electrons. The molecule has 0 aliphatic carbocycles. The van der Waals surface area contributed by atoms with Crippen molar-refractivity contribution in [1.29, 1.82) is 0 Å². The summed E-state index contributed by atoms with van der Waals surface area (Å²) in [6.45, 7) is 9.77. The third-order valence-electron chi connectivity index (χ3n) is 4.47. The van der Waals surface area contributed by atoms with Crippen LogP contribution in [0.3, 0.4) is 0 Å². The molecule has 0 aliphatic rings. The zero-order valence-corrected chi connectivity index (χ0v) is 19.2. The Balaban J connectivity index is 0.00000364. The molecule has 0 bridgehead atoms. The lowest BCUT2D eigenvalue weighted by Gasteiger charge is -2.23. The van der Waals surface area contributed by atoms with Gasteiger partial charge in [0.1, 0.15) is 0 Å². The largest absolute Gasteiger partial charge is 0.357 e. The molecule has 2 N–H and O–H groups in total. The van der Waals surface area contributed by atoms with E-state index in [0.717, 1.165) is 25.6 Å². The highest BCUT2D eigenvalue weighted by molar-refractivity contribution is 14.0. The number of guanidine groups is 1. The standard InChI is InChI=1S/C22H32N4.HI/c1-5-23-22(24-15-19-11-7-6-8-12-19)25-16-20-13-9-10-14-21(20)17-26(4)18(2)3;/h6-14,18H,5,15-17H2,1-4H3,(H2,23,24,25);1H. The van der Waals surface area contributed by atoms with E-state index in [-0.39, 0.29) is 24.0 Å². The Morgan fingerprint density at radius 3 is 2.22 bits per heavy atom. The van der Waals surface area contributed by atoms with Crippen LogP contribution in [0.15, 0.2) is 59.6 Å². The summed E-state index contributed by atoms with van der Waals surface area (Å²) in [7, 11) is 2.17. The monoisotopic (exact) mass is 480 g/mol. The Labute approximate surface area is 181 Å². The second kappa shape index (κ2) is 12.7. The molecule has 2 aromatic rings. The summed E-state index contributed by atoms with van der Waals surface area (Å²) in [5.74, 6) is 0.850. The molecule has 2 aromatic carbocycles. The summed E-state index contributed by atoms with van der Waals surface area (Å²) in [5.41, 5.74) is 3.88. The maximum absolute atomic E-state index is 4.70. The van der Waals surface area contributed by atoms with Gasteiger partial charge in [-0.3, -0.25) is 4.90 Å². The Morgan fingerprint density at radius 2 is 1.59 bits per heavy atom. The molecule has 0 aromatic heterocycles. The van der Waals surface area contributed by atoms with Crippen LogP contribution in [0.2, 0.25) is 0 Å². The predicted octanol–water partition coefficient (Wildman–Crippen LogP) is 4.40. The molecule has 0 amide bonds. The minimum absolute atomic E-state index is 0. The zero-order valence-electron chi connectivity index (χ0n) is 16.9. The fraction of sp³-hybridized carbons (Fsp3) is 0.409. The van der Waals surface area contributed by atoms with Crippen molar-refractivity contribution in [3.63, 3.8) is 0 Å². The number of nitrogens with zero attached hydrogens (tertiary/aromatic N) is 2. The number of halogens is 1. The normalized spacial score (nSPS) is 11.4. The smallest absolute Gasteiger partial charge is 0.191 e. The Morgan fingerprint density at radius 1 is 0.963 bits per heavy atom. The van der Waals surface area contributed by atoms with Crippen LogP contribution >= 0.6 is 24.0 Å². The summed E-state index contributed by atoms with van der Waals surface area (Å²) < 4.78 is 0. The van der Waals surface area contributed by atoms with Gasteiger partial charge in [0.25, 0.3) is 0 Å². The van der Waals surface area contributed by atoms with E-state index in [1.807, 2.05) is 18.2 Å². The van der Waals surface area contributed by atoms with E-state index in [1.165, 1.54) is 16.7 Å². The summed E-state index contributed by atoms with van der Waals surface area (Å²) >= 11 is 0. The maximum Gasteiger partial charge on any atom is 0.191 e. The van der Waals surface area contributed by atoms with Crippen LogP contribution in [0.5, 0.6) is 0 Å². The van der Waals surface area contributed by atoms with Crippen molar-refractivity contribution in [2.45, 2.75) is 46.4 Å². The van der Waals surface area contributed by atoms with Gasteiger partial charge in [0, 0.05) is 25.7 Å². The van der Waals surface area contributed by atoms with Gasteiger partial charge in [-0.1, -0.05) is 54.6 Å². The fourth-order valence-corrected chi connectivity index (χ4v) is 2.61. The van der Waals surface area contributed by atoms with Crippen molar-refractivity contribution in [1.82, 2.24) is 15.5 Å². The first-order valence-corrected chi connectivity index (χ1v) is 9.43. The summed E-state index contributed by atoms with van der Waals surface area (Å²) in [6, 6.07) is 19.5. The minimum Gasteiger partial charge on any atom is -0.357 e. The number of benzene rings is 2. The van der Waals surface area contributed by atoms with Crippen molar-refractivity contribution in [2.24, 2.45) is 4.99 Å². The molecule has 0 saturated carbocycles. The Kier molecular flexibility index (Phi) is 11.0. The second-order valence-electron chi connectivity index (χ2n) is 6.81. The molecule has 4 nitrogen and oxygen atoms in total. The third-order valence-corrected chi connectivity index (χ3v) is 4.47. The van der Waals surface area contributed by atoms with Crippen LogP contribution in [0.25, 0.3) is 0 Å². The first-order chi connectivity index (χ1) is 12.6. The number of nitrogens with one attached hydrogen (secondary N) is 2. The van der Waals surface area contributed by atoms with Gasteiger partial charge in [0.15, 0.2) is 5.96 Å². The molecule has 0 fully saturated rings. The number of aliphatic imine (C=N–C) groups is 1. The molecular formula is C22H33IN4. The summed E-state index contributed by atoms with van der Waals surface area (Å²) in [6.07, 6.45) is 0. The highest BCUT2D eigenvalue weighted by Crippen LogP contribution is 2.12. The SMILES string of the molecule is CCNC(=NCc1ccccc1)NCc1ccccc1CN(C)C(C)C.I. The van der Waals surface area contributed by atoms with Gasteiger partial charge >= 0.3 is 0 Å². The van der Waals surface area contributed by atoms with Gasteiger partial charge in [-0.05, 0) is 44.5 Å². The van der Waals surface area contributed by atoms with Gasteiger partial charge in [-0.25, -0.2) is 4.99 Å². The fourth-order valence-electron chi connectivity index (χ4n) is 2.61. The van der Waals surface area contributed by atoms with Gasteiger partial charge in [-0.15, -0.1) is 24.0 Å². The lowest BCUT2D eigenvalue weighted by atomic mass is 10.1. The average Bonchev–Trinajstić information content (AvgIpc) is 2.65. The van der Waals surface area contributed by atoms with E-state index in [4.69, 9.17) is 4.99 Å². The topological polar surface area (TPSA) is 39.7 Å². The molecule has 0 aliphatic heterocycles.